The summed E-state index contributed by atoms with van der Waals surface area (Å²) in [5.74, 6) is -0.152. The number of fused-ring (bicyclic) bond motifs is 1. The summed E-state index contributed by atoms with van der Waals surface area (Å²) >= 11 is 0. The van der Waals surface area contributed by atoms with Crippen LogP contribution in [0, 0.1) is 11.3 Å². The first-order valence-corrected chi connectivity index (χ1v) is 6.61. The van der Waals surface area contributed by atoms with Gasteiger partial charge in [0.1, 0.15) is 0 Å². The molecule has 1 heterocycles. The number of nitrogens with one attached hydrogen (secondary N) is 2. The van der Waals surface area contributed by atoms with E-state index in [0.29, 0.717) is 17.7 Å². The molecule has 2 N–H and O–H groups in total. The Morgan fingerprint density at radius 2 is 1.90 bits per heavy atom. The molecule has 0 radical (unpaired) electrons. The Balaban J connectivity index is 1.81. The van der Waals surface area contributed by atoms with Crippen molar-refractivity contribution in [1.82, 2.24) is 4.98 Å². The zero-order chi connectivity index (χ0) is 14.7. The van der Waals surface area contributed by atoms with Gasteiger partial charge in [0.2, 0.25) is 0 Å². The number of anilines is 1. The van der Waals surface area contributed by atoms with Crippen LogP contribution in [-0.4, -0.2) is 10.9 Å². The normalized spacial score (nSPS) is 10.2. The molecule has 0 aliphatic heterocycles. The smallest absolute Gasteiger partial charge is 0.257 e. The van der Waals surface area contributed by atoms with Crippen LogP contribution in [0.1, 0.15) is 15.9 Å². The molecule has 0 unspecified atom stereocenters. The molecule has 3 aromatic rings. The number of amides is 1. The maximum absolute atomic E-state index is 12.3. The van der Waals surface area contributed by atoms with Gasteiger partial charge in [-0.3, -0.25) is 4.79 Å². The number of para-hydroxylation sites is 1. The topological polar surface area (TPSA) is 68.7 Å². The first-order chi connectivity index (χ1) is 10.3. The summed E-state index contributed by atoms with van der Waals surface area (Å²) in [6.45, 7) is 0. The molecule has 21 heavy (non-hydrogen) atoms. The second-order valence-electron chi connectivity index (χ2n) is 4.73. The molecular weight excluding hydrogens is 262 g/mol. The van der Waals surface area contributed by atoms with Crippen LogP contribution in [0.5, 0.6) is 0 Å². The summed E-state index contributed by atoms with van der Waals surface area (Å²) in [5, 5.41) is 12.4. The number of hydrogen-bond donors (Lipinski definition) is 2. The summed E-state index contributed by atoms with van der Waals surface area (Å²) < 4.78 is 0. The number of aromatic amines is 1. The number of nitrogens with zero attached hydrogens (tertiary/aromatic N) is 1. The molecule has 0 atom stereocenters. The Bertz CT molecular complexity index is 825. The van der Waals surface area contributed by atoms with E-state index in [4.69, 9.17) is 5.26 Å². The molecule has 0 aliphatic carbocycles. The quantitative estimate of drug-likeness (QED) is 0.768. The van der Waals surface area contributed by atoms with Crippen molar-refractivity contribution in [2.45, 2.75) is 6.42 Å². The van der Waals surface area contributed by atoms with Crippen molar-refractivity contribution >= 4 is 22.5 Å². The first-order valence-electron chi connectivity index (χ1n) is 6.61. The van der Waals surface area contributed by atoms with Crippen LogP contribution in [0.3, 0.4) is 0 Å². The Morgan fingerprint density at radius 1 is 1.14 bits per heavy atom. The van der Waals surface area contributed by atoms with Gasteiger partial charge in [-0.15, -0.1) is 0 Å². The van der Waals surface area contributed by atoms with Gasteiger partial charge in [0.15, 0.2) is 0 Å². The van der Waals surface area contributed by atoms with E-state index in [1.54, 1.807) is 18.3 Å². The molecule has 0 saturated heterocycles. The van der Waals surface area contributed by atoms with Gasteiger partial charge in [-0.1, -0.05) is 30.3 Å². The minimum atomic E-state index is -0.152. The second kappa shape index (κ2) is 5.51. The Labute approximate surface area is 122 Å². The lowest BCUT2D eigenvalue weighted by Gasteiger charge is -2.05. The second-order valence-corrected chi connectivity index (χ2v) is 4.73. The van der Waals surface area contributed by atoms with Gasteiger partial charge < -0.3 is 10.3 Å². The van der Waals surface area contributed by atoms with Crippen LogP contribution in [-0.2, 0) is 6.42 Å². The third kappa shape index (κ3) is 2.63. The van der Waals surface area contributed by atoms with E-state index in [1.807, 2.05) is 36.4 Å². The fourth-order valence-electron chi connectivity index (χ4n) is 2.26. The van der Waals surface area contributed by atoms with Crippen molar-refractivity contribution in [3.05, 3.63) is 65.9 Å². The molecule has 3 rings (SSSR count). The van der Waals surface area contributed by atoms with Crippen LogP contribution in [0.4, 0.5) is 5.69 Å². The fourth-order valence-corrected chi connectivity index (χ4v) is 2.26. The Hall–Kier alpha value is -3.06. The van der Waals surface area contributed by atoms with Crippen molar-refractivity contribution in [3.8, 4) is 6.07 Å². The molecule has 102 valence electrons. The van der Waals surface area contributed by atoms with Gasteiger partial charge >= 0.3 is 0 Å². The van der Waals surface area contributed by atoms with Crippen molar-refractivity contribution in [1.29, 1.82) is 5.26 Å². The molecule has 4 nitrogen and oxygen atoms in total. The van der Waals surface area contributed by atoms with Gasteiger partial charge in [0.05, 0.1) is 18.1 Å². The van der Waals surface area contributed by atoms with Gasteiger partial charge in [0, 0.05) is 22.8 Å². The highest BCUT2D eigenvalue weighted by molar-refractivity contribution is 6.12. The van der Waals surface area contributed by atoms with E-state index in [1.165, 1.54) is 0 Å². The van der Waals surface area contributed by atoms with Crippen LogP contribution in [0.15, 0.2) is 54.7 Å². The lowest BCUT2D eigenvalue weighted by Crippen LogP contribution is -2.11. The molecule has 2 aromatic carbocycles. The van der Waals surface area contributed by atoms with E-state index < -0.39 is 0 Å². The standard InChI is InChI=1S/C17H13N3O/c18-10-9-12-5-7-13(8-6-12)20-17(21)15-11-19-16-4-2-1-3-14(15)16/h1-8,11,19H,9H2,(H,20,21). The van der Waals surface area contributed by atoms with E-state index in [0.717, 1.165) is 16.5 Å². The molecule has 4 heteroatoms. The summed E-state index contributed by atoms with van der Waals surface area (Å²) in [7, 11) is 0. The average Bonchev–Trinajstić information content (AvgIpc) is 2.93. The number of nitriles is 1. The van der Waals surface area contributed by atoms with E-state index >= 15 is 0 Å². The predicted octanol–water partition coefficient (Wildman–Crippen LogP) is 3.49. The van der Waals surface area contributed by atoms with Crippen molar-refractivity contribution in [2.24, 2.45) is 0 Å². The third-order valence-electron chi connectivity index (χ3n) is 3.33. The molecule has 1 aromatic heterocycles. The summed E-state index contributed by atoms with van der Waals surface area (Å²) in [6.07, 6.45) is 2.08. The number of rotatable bonds is 3. The highest BCUT2D eigenvalue weighted by atomic mass is 16.1. The largest absolute Gasteiger partial charge is 0.360 e. The summed E-state index contributed by atoms with van der Waals surface area (Å²) in [4.78, 5) is 15.4. The molecule has 0 saturated carbocycles. The molecule has 0 fully saturated rings. The van der Waals surface area contributed by atoms with Gasteiger partial charge in [-0.25, -0.2) is 0 Å². The van der Waals surface area contributed by atoms with E-state index in [9.17, 15) is 4.79 Å². The summed E-state index contributed by atoms with van der Waals surface area (Å²) in [6, 6.07) is 17.1. The van der Waals surface area contributed by atoms with Crippen molar-refractivity contribution in [3.63, 3.8) is 0 Å². The van der Waals surface area contributed by atoms with Gasteiger partial charge in [0.25, 0.3) is 5.91 Å². The summed E-state index contributed by atoms with van der Waals surface area (Å²) in [5.41, 5.74) is 3.20. The number of carbonyl (C=O) groups excluding carboxylic acids is 1. The molecule has 1 amide bonds. The van der Waals surface area contributed by atoms with Gasteiger partial charge in [-0.05, 0) is 23.8 Å². The highest BCUT2D eigenvalue weighted by Gasteiger charge is 2.11. The van der Waals surface area contributed by atoms with Gasteiger partial charge in [-0.2, -0.15) is 5.26 Å². The average molecular weight is 275 g/mol. The highest BCUT2D eigenvalue weighted by Crippen LogP contribution is 2.19. The van der Waals surface area contributed by atoms with Crippen LogP contribution in [0.2, 0.25) is 0 Å². The van der Waals surface area contributed by atoms with E-state index in [-0.39, 0.29) is 5.91 Å². The Kier molecular flexibility index (Phi) is 3.40. The van der Waals surface area contributed by atoms with Crippen molar-refractivity contribution in [2.75, 3.05) is 5.32 Å². The molecule has 0 aliphatic rings. The monoisotopic (exact) mass is 275 g/mol. The SMILES string of the molecule is N#CCc1ccc(NC(=O)c2c[nH]c3ccccc23)cc1. The van der Waals surface area contributed by atoms with Crippen LogP contribution in [0.25, 0.3) is 10.9 Å². The van der Waals surface area contributed by atoms with Crippen molar-refractivity contribution < 1.29 is 4.79 Å². The number of carbonyl (C=O) groups is 1. The number of hydrogen-bond acceptors (Lipinski definition) is 2. The first kappa shape index (κ1) is 12.9. The minimum Gasteiger partial charge on any atom is -0.360 e. The zero-order valence-corrected chi connectivity index (χ0v) is 11.3. The maximum Gasteiger partial charge on any atom is 0.257 e. The lowest BCUT2D eigenvalue weighted by atomic mass is 10.1. The van der Waals surface area contributed by atoms with E-state index in [2.05, 4.69) is 16.4 Å². The predicted molar refractivity (Wildman–Crippen MR) is 82.0 cm³/mol. The zero-order valence-electron chi connectivity index (χ0n) is 11.3. The fraction of sp³-hybridized carbons (Fsp3) is 0.0588. The lowest BCUT2D eigenvalue weighted by molar-refractivity contribution is 0.102. The molecular formula is C17H13N3O. The minimum absolute atomic E-state index is 0.152. The number of H-pyrrole nitrogens is 1. The number of aromatic nitrogens is 1. The number of benzene rings is 2. The van der Waals surface area contributed by atoms with Crippen LogP contribution >= 0.6 is 0 Å². The molecule has 0 spiro atoms. The maximum atomic E-state index is 12.3. The molecule has 0 bridgehead atoms. The van der Waals surface area contributed by atoms with Crippen LogP contribution < -0.4 is 5.32 Å². The Morgan fingerprint density at radius 3 is 2.67 bits per heavy atom. The third-order valence-corrected chi connectivity index (χ3v) is 3.33.